The topological polar surface area (TPSA) is 59.1 Å². The van der Waals surface area contributed by atoms with Crippen LogP contribution in [0.1, 0.15) is 23.8 Å². The van der Waals surface area contributed by atoms with Crippen LogP contribution in [0.2, 0.25) is 0 Å². The van der Waals surface area contributed by atoms with E-state index in [0.717, 1.165) is 22.2 Å². The second kappa shape index (κ2) is 3.31. The second-order valence-electron chi connectivity index (χ2n) is 3.51. The first-order valence-corrected chi connectivity index (χ1v) is 5.74. The van der Waals surface area contributed by atoms with E-state index in [1.807, 2.05) is 0 Å². The van der Waals surface area contributed by atoms with Gasteiger partial charge in [0.05, 0.1) is 21.7 Å². The highest BCUT2D eigenvalue weighted by atomic mass is 79.9. The van der Waals surface area contributed by atoms with E-state index in [1.165, 1.54) is 11.5 Å². The maximum Gasteiger partial charge on any atom is 0.0977 e. The van der Waals surface area contributed by atoms with E-state index in [9.17, 15) is 5.11 Å². The molecule has 1 heterocycles. The molecule has 0 aromatic carbocycles. The Labute approximate surface area is 89.3 Å². The molecular formula is C8H11BrN2OS. The van der Waals surface area contributed by atoms with Crippen molar-refractivity contribution in [3.05, 3.63) is 15.5 Å². The maximum absolute atomic E-state index is 10.0. The Morgan fingerprint density at radius 1 is 1.77 bits per heavy atom. The molecule has 1 aromatic heterocycles. The lowest BCUT2D eigenvalue weighted by Crippen LogP contribution is -2.22. The van der Waals surface area contributed by atoms with E-state index in [-0.39, 0.29) is 5.41 Å². The Balaban J connectivity index is 2.22. The van der Waals surface area contributed by atoms with Gasteiger partial charge in [-0.1, -0.05) is 0 Å². The highest BCUT2D eigenvalue weighted by Gasteiger charge is 2.49. The Morgan fingerprint density at radius 3 is 2.85 bits per heavy atom. The summed E-state index contributed by atoms with van der Waals surface area (Å²) < 4.78 is 4.91. The van der Waals surface area contributed by atoms with Crippen molar-refractivity contribution in [3.63, 3.8) is 0 Å². The molecule has 1 fully saturated rings. The average Bonchev–Trinajstić information content (AvgIpc) is 2.83. The van der Waals surface area contributed by atoms with Crippen LogP contribution < -0.4 is 5.73 Å². The Morgan fingerprint density at radius 2 is 2.46 bits per heavy atom. The number of nitrogens with two attached hydrogens (primary N) is 1. The van der Waals surface area contributed by atoms with Crippen LogP contribution in [0.4, 0.5) is 0 Å². The molecule has 1 aromatic rings. The zero-order chi connectivity index (χ0) is 9.47. The van der Waals surface area contributed by atoms with Crippen LogP contribution in [0.15, 0.2) is 10.7 Å². The largest absolute Gasteiger partial charge is 0.387 e. The number of aliphatic hydroxyl groups excluding tert-OH is 1. The molecule has 0 amide bonds. The highest BCUT2D eigenvalue weighted by Crippen LogP contribution is 2.55. The molecule has 2 rings (SSSR count). The predicted octanol–water partition coefficient (Wildman–Crippen LogP) is 1.68. The van der Waals surface area contributed by atoms with Gasteiger partial charge in [-0.3, -0.25) is 0 Å². The summed E-state index contributed by atoms with van der Waals surface area (Å²) in [5, 5.41) is 10.0. The number of aliphatic hydroxyl groups is 1. The SMILES string of the molecule is NCC1(C(O)c2sncc2Br)CC1. The van der Waals surface area contributed by atoms with Crippen LogP contribution in [0, 0.1) is 5.41 Å². The Hall–Kier alpha value is 0.0300. The fourth-order valence-corrected chi connectivity index (χ4v) is 2.88. The number of hydrogen-bond donors (Lipinski definition) is 2. The fraction of sp³-hybridized carbons (Fsp3) is 0.625. The Kier molecular flexibility index (Phi) is 2.44. The van der Waals surface area contributed by atoms with E-state index >= 15 is 0 Å². The molecule has 3 nitrogen and oxygen atoms in total. The second-order valence-corrected chi connectivity index (χ2v) is 5.19. The molecule has 1 unspecified atom stereocenters. The van der Waals surface area contributed by atoms with E-state index in [4.69, 9.17) is 5.73 Å². The van der Waals surface area contributed by atoms with Gasteiger partial charge < -0.3 is 10.8 Å². The molecule has 0 spiro atoms. The summed E-state index contributed by atoms with van der Waals surface area (Å²) in [6.07, 6.45) is 3.32. The third-order valence-corrected chi connectivity index (χ3v) is 4.42. The zero-order valence-corrected chi connectivity index (χ0v) is 9.44. The first-order chi connectivity index (χ1) is 6.19. The summed E-state index contributed by atoms with van der Waals surface area (Å²) in [6, 6.07) is 0. The number of hydrogen-bond acceptors (Lipinski definition) is 4. The van der Waals surface area contributed by atoms with Crippen molar-refractivity contribution >= 4 is 27.5 Å². The van der Waals surface area contributed by atoms with Crippen molar-refractivity contribution in [1.82, 2.24) is 4.37 Å². The van der Waals surface area contributed by atoms with Crippen molar-refractivity contribution in [2.45, 2.75) is 18.9 Å². The lowest BCUT2D eigenvalue weighted by molar-refractivity contribution is 0.100. The quantitative estimate of drug-likeness (QED) is 0.872. The molecule has 0 saturated heterocycles. The minimum Gasteiger partial charge on any atom is -0.387 e. The van der Waals surface area contributed by atoms with Gasteiger partial charge in [0.1, 0.15) is 0 Å². The van der Waals surface area contributed by atoms with E-state index < -0.39 is 6.10 Å². The van der Waals surface area contributed by atoms with Gasteiger partial charge in [0, 0.05) is 12.0 Å². The van der Waals surface area contributed by atoms with Crippen LogP contribution in [-0.2, 0) is 0 Å². The van der Waals surface area contributed by atoms with Gasteiger partial charge in [-0.25, -0.2) is 0 Å². The average molecular weight is 263 g/mol. The van der Waals surface area contributed by atoms with Gasteiger partial charge in [-0.2, -0.15) is 4.37 Å². The summed E-state index contributed by atoms with van der Waals surface area (Å²) in [4.78, 5) is 0.906. The van der Waals surface area contributed by atoms with Crippen molar-refractivity contribution in [2.75, 3.05) is 6.54 Å². The first-order valence-electron chi connectivity index (χ1n) is 4.18. The summed E-state index contributed by atoms with van der Waals surface area (Å²) in [5.74, 6) is 0. The minimum absolute atomic E-state index is 0.0605. The van der Waals surface area contributed by atoms with E-state index in [0.29, 0.717) is 6.54 Å². The van der Waals surface area contributed by atoms with Crippen LogP contribution in [0.25, 0.3) is 0 Å². The van der Waals surface area contributed by atoms with Gasteiger partial charge in [-0.05, 0) is 40.3 Å². The summed E-state index contributed by atoms with van der Waals surface area (Å²) in [7, 11) is 0. The van der Waals surface area contributed by atoms with Crippen LogP contribution >= 0.6 is 27.5 Å². The van der Waals surface area contributed by atoms with Crippen molar-refractivity contribution < 1.29 is 5.11 Å². The third-order valence-electron chi connectivity index (χ3n) is 2.68. The van der Waals surface area contributed by atoms with E-state index in [2.05, 4.69) is 20.3 Å². The number of rotatable bonds is 3. The predicted molar refractivity (Wildman–Crippen MR) is 55.5 cm³/mol. The molecule has 1 saturated carbocycles. The zero-order valence-electron chi connectivity index (χ0n) is 7.03. The van der Waals surface area contributed by atoms with Gasteiger partial charge >= 0.3 is 0 Å². The number of nitrogens with zero attached hydrogens (tertiary/aromatic N) is 1. The molecular weight excluding hydrogens is 252 g/mol. The minimum atomic E-state index is -0.445. The highest BCUT2D eigenvalue weighted by molar-refractivity contribution is 9.10. The number of aromatic nitrogens is 1. The normalized spacial score (nSPS) is 21.5. The van der Waals surface area contributed by atoms with Crippen LogP contribution in [-0.4, -0.2) is 16.0 Å². The molecule has 72 valence electrons. The smallest absolute Gasteiger partial charge is 0.0977 e. The lowest BCUT2D eigenvalue weighted by Gasteiger charge is -2.18. The molecule has 5 heteroatoms. The van der Waals surface area contributed by atoms with Crippen molar-refractivity contribution in [1.29, 1.82) is 0 Å². The molecule has 3 N–H and O–H groups in total. The summed E-state index contributed by atoms with van der Waals surface area (Å²) >= 11 is 4.70. The van der Waals surface area contributed by atoms with Crippen LogP contribution in [0.3, 0.4) is 0 Å². The summed E-state index contributed by atoms with van der Waals surface area (Å²) in [6.45, 7) is 0.554. The molecule has 0 aliphatic heterocycles. The molecule has 1 atom stereocenters. The monoisotopic (exact) mass is 262 g/mol. The fourth-order valence-electron chi connectivity index (χ4n) is 1.45. The third kappa shape index (κ3) is 1.54. The molecule has 0 radical (unpaired) electrons. The molecule has 0 bridgehead atoms. The van der Waals surface area contributed by atoms with Crippen molar-refractivity contribution in [2.24, 2.45) is 11.1 Å². The van der Waals surface area contributed by atoms with Gasteiger partial charge in [0.15, 0.2) is 0 Å². The van der Waals surface area contributed by atoms with Gasteiger partial charge in [-0.15, -0.1) is 0 Å². The standard InChI is InChI=1S/C8H11BrN2OS/c9-5-3-11-13-6(5)7(12)8(4-10)1-2-8/h3,7,12H,1-2,4,10H2. The van der Waals surface area contributed by atoms with E-state index in [1.54, 1.807) is 6.20 Å². The maximum atomic E-state index is 10.0. The van der Waals surface area contributed by atoms with Crippen molar-refractivity contribution in [3.8, 4) is 0 Å². The van der Waals surface area contributed by atoms with Crippen LogP contribution in [0.5, 0.6) is 0 Å². The Bertz CT molecular complexity index is 311. The summed E-state index contributed by atoms with van der Waals surface area (Å²) in [5.41, 5.74) is 5.57. The molecule has 1 aliphatic rings. The lowest BCUT2D eigenvalue weighted by atomic mass is 9.98. The van der Waals surface area contributed by atoms with Gasteiger partial charge in [0.2, 0.25) is 0 Å². The number of halogens is 1. The molecule has 1 aliphatic carbocycles. The molecule has 13 heavy (non-hydrogen) atoms. The first kappa shape index (κ1) is 9.58. The van der Waals surface area contributed by atoms with Gasteiger partial charge in [0.25, 0.3) is 0 Å².